The lowest BCUT2D eigenvalue weighted by atomic mass is 10.0. The zero-order chi connectivity index (χ0) is 14.9. The van der Waals surface area contributed by atoms with E-state index in [1.807, 2.05) is 0 Å². The third kappa shape index (κ3) is 3.58. The van der Waals surface area contributed by atoms with Gasteiger partial charge in [-0.05, 0) is 49.4 Å². The summed E-state index contributed by atoms with van der Waals surface area (Å²) in [5, 5.41) is 5.11. The fraction of sp³-hybridized carbons (Fsp3) is 0.500. The van der Waals surface area contributed by atoms with Gasteiger partial charge in [0, 0.05) is 0 Å². The van der Waals surface area contributed by atoms with E-state index in [0.29, 0.717) is 23.7 Å². The Morgan fingerprint density at radius 2 is 2.00 bits per heavy atom. The normalized spacial score (nSPS) is 15.2. The summed E-state index contributed by atoms with van der Waals surface area (Å²) in [7, 11) is -3.83. The van der Waals surface area contributed by atoms with Crippen molar-refractivity contribution in [1.82, 2.24) is 0 Å². The molecule has 1 aliphatic carbocycles. The molecule has 1 fully saturated rings. The highest BCUT2D eigenvalue weighted by atomic mass is 32.2. The van der Waals surface area contributed by atoms with Crippen LogP contribution in [0.3, 0.4) is 0 Å². The van der Waals surface area contributed by atoms with Crippen molar-refractivity contribution in [2.24, 2.45) is 11.1 Å². The van der Waals surface area contributed by atoms with Crippen LogP contribution in [0.1, 0.15) is 40.7 Å². The van der Waals surface area contributed by atoms with Crippen LogP contribution >= 0.6 is 0 Å². The Morgan fingerprint density at radius 1 is 1.35 bits per heavy atom. The summed E-state index contributed by atoms with van der Waals surface area (Å²) in [6.45, 7) is 3.88. The van der Waals surface area contributed by atoms with Crippen LogP contribution < -0.4 is 5.14 Å². The van der Waals surface area contributed by atoms with Gasteiger partial charge in [0.15, 0.2) is 0 Å². The largest absolute Gasteiger partial charge is 0.462 e. The number of hydrogen-bond donors (Lipinski definition) is 1. The highest BCUT2D eigenvalue weighted by Gasteiger charge is 2.22. The summed E-state index contributed by atoms with van der Waals surface area (Å²) < 4.78 is 28.0. The summed E-state index contributed by atoms with van der Waals surface area (Å²) in [6, 6.07) is 2.75. The molecular formula is C14H19NO4S. The van der Waals surface area contributed by atoms with Crippen molar-refractivity contribution < 1.29 is 17.9 Å². The summed E-state index contributed by atoms with van der Waals surface area (Å²) in [6.07, 6.45) is 3.28. The minimum Gasteiger partial charge on any atom is -0.462 e. The minimum atomic E-state index is -3.83. The molecular weight excluding hydrogens is 278 g/mol. The summed E-state index contributed by atoms with van der Waals surface area (Å²) >= 11 is 0. The second kappa shape index (κ2) is 5.54. The molecule has 2 N–H and O–H groups in total. The molecule has 0 bridgehead atoms. The van der Waals surface area contributed by atoms with Gasteiger partial charge >= 0.3 is 5.97 Å². The fourth-order valence-electron chi connectivity index (χ4n) is 2.01. The van der Waals surface area contributed by atoms with E-state index in [1.54, 1.807) is 13.8 Å². The van der Waals surface area contributed by atoms with Crippen molar-refractivity contribution in [1.29, 1.82) is 0 Å². The van der Waals surface area contributed by atoms with Crippen LogP contribution in [0.25, 0.3) is 0 Å². The topological polar surface area (TPSA) is 86.5 Å². The highest BCUT2D eigenvalue weighted by molar-refractivity contribution is 7.89. The van der Waals surface area contributed by atoms with Gasteiger partial charge in [0.2, 0.25) is 10.0 Å². The Hall–Kier alpha value is -1.40. The van der Waals surface area contributed by atoms with E-state index in [4.69, 9.17) is 9.88 Å². The number of carbonyl (C=O) groups excluding carboxylic acids is 1. The Labute approximate surface area is 119 Å². The van der Waals surface area contributed by atoms with Crippen molar-refractivity contribution in [3.63, 3.8) is 0 Å². The summed E-state index contributed by atoms with van der Waals surface area (Å²) in [5.74, 6) is 0.193. The van der Waals surface area contributed by atoms with Gasteiger partial charge in [0.25, 0.3) is 0 Å². The lowest BCUT2D eigenvalue weighted by molar-refractivity contribution is 0.0493. The molecule has 6 heteroatoms. The maximum Gasteiger partial charge on any atom is 0.338 e. The third-order valence-corrected chi connectivity index (χ3v) is 4.54. The first-order chi connectivity index (χ1) is 9.29. The fourth-order valence-corrected chi connectivity index (χ4v) is 2.63. The third-order valence-electron chi connectivity index (χ3n) is 3.65. The van der Waals surface area contributed by atoms with Crippen molar-refractivity contribution in [2.75, 3.05) is 6.61 Å². The molecule has 5 nitrogen and oxygen atoms in total. The smallest absolute Gasteiger partial charge is 0.338 e. The van der Waals surface area contributed by atoms with Crippen LogP contribution in [0.4, 0.5) is 0 Å². The van der Waals surface area contributed by atoms with Gasteiger partial charge in [0.1, 0.15) is 0 Å². The van der Waals surface area contributed by atoms with Crippen LogP contribution in [-0.4, -0.2) is 21.0 Å². The van der Waals surface area contributed by atoms with Gasteiger partial charge < -0.3 is 4.74 Å². The quantitative estimate of drug-likeness (QED) is 0.841. The molecule has 0 unspecified atom stereocenters. The van der Waals surface area contributed by atoms with Crippen molar-refractivity contribution in [3.8, 4) is 0 Å². The van der Waals surface area contributed by atoms with E-state index in [1.165, 1.54) is 25.0 Å². The average molecular weight is 297 g/mol. The molecule has 1 saturated carbocycles. The Balaban J connectivity index is 2.20. The number of ether oxygens (including phenoxy) is 1. The first kappa shape index (κ1) is 15.0. The first-order valence-corrected chi connectivity index (χ1v) is 8.15. The lowest BCUT2D eigenvalue weighted by Gasteiger charge is -2.11. The van der Waals surface area contributed by atoms with Crippen LogP contribution in [0.2, 0.25) is 0 Å². The van der Waals surface area contributed by atoms with Crippen LogP contribution in [0, 0.1) is 19.8 Å². The number of hydrogen-bond acceptors (Lipinski definition) is 4. The van der Waals surface area contributed by atoms with E-state index >= 15 is 0 Å². The Kier molecular flexibility index (Phi) is 4.15. The molecule has 1 aromatic rings. The molecule has 0 saturated heterocycles. The molecule has 0 atom stereocenters. The maximum absolute atomic E-state index is 12.0. The zero-order valence-electron chi connectivity index (χ0n) is 11.7. The van der Waals surface area contributed by atoms with Crippen molar-refractivity contribution in [2.45, 2.75) is 38.0 Å². The van der Waals surface area contributed by atoms with Crippen molar-refractivity contribution in [3.05, 3.63) is 28.8 Å². The molecule has 0 heterocycles. The average Bonchev–Trinajstić information content (AvgIpc) is 3.15. The molecule has 0 aromatic heterocycles. The number of aryl methyl sites for hydroxylation is 1. The minimum absolute atomic E-state index is 0.0604. The Morgan fingerprint density at radius 3 is 2.55 bits per heavy atom. The number of rotatable bonds is 5. The SMILES string of the molecule is Cc1cc(S(N)(=O)=O)cc(C(=O)OCCC2CC2)c1C. The highest BCUT2D eigenvalue weighted by Crippen LogP contribution is 2.32. The van der Waals surface area contributed by atoms with Gasteiger partial charge in [-0.2, -0.15) is 0 Å². The van der Waals surface area contributed by atoms with E-state index in [0.717, 1.165) is 6.42 Å². The molecule has 0 radical (unpaired) electrons. The van der Waals surface area contributed by atoms with Gasteiger partial charge in [0.05, 0.1) is 17.1 Å². The maximum atomic E-state index is 12.0. The van der Waals surface area contributed by atoms with Crippen LogP contribution in [0.5, 0.6) is 0 Å². The Bertz CT molecular complexity index is 633. The second-order valence-corrected chi connectivity index (χ2v) is 6.89. The van der Waals surface area contributed by atoms with E-state index in [-0.39, 0.29) is 10.5 Å². The molecule has 20 heavy (non-hydrogen) atoms. The van der Waals surface area contributed by atoms with Crippen LogP contribution in [0.15, 0.2) is 17.0 Å². The zero-order valence-corrected chi connectivity index (χ0v) is 12.5. The predicted molar refractivity (Wildman–Crippen MR) is 74.9 cm³/mol. The number of esters is 1. The molecule has 110 valence electrons. The first-order valence-electron chi connectivity index (χ1n) is 6.60. The number of primary sulfonamides is 1. The number of benzene rings is 1. The van der Waals surface area contributed by atoms with Gasteiger partial charge in [-0.15, -0.1) is 0 Å². The van der Waals surface area contributed by atoms with Gasteiger partial charge in [-0.1, -0.05) is 12.8 Å². The van der Waals surface area contributed by atoms with Crippen LogP contribution in [-0.2, 0) is 14.8 Å². The molecule has 0 spiro atoms. The van der Waals surface area contributed by atoms with Crippen molar-refractivity contribution >= 4 is 16.0 Å². The number of nitrogens with two attached hydrogens (primary N) is 1. The molecule has 1 aromatic carbocycles. The number of sulfonamides is 1. The second-order valence-electron chi connectivity index (χ2n) is 5.33. The molecule has 0 amide bonds. The molecule has 1 aliphatic rings. The van der Waals surface area contributed by atoms with E-state index in [9.17, 15) is 13.2 Å². The lowest BCUT2D eigenvalue weighted by Crippen LogP contribution is -2.15. The van der Waals surface area contributed by atoms with Gasteiger partial charge in [-0.3, -0.25) is 0 Å². The summed E-state index contributed by atoms with van der Waals surface area (Å²) in [5.41, 5.74) is 1.68. The monoisotopic (exact) mass is 297 g/mol. The molecule has 2 rings (SSSR count). The standard InChI is InChI=1S/C14H19NO4S/c1-9-7-12(20(15,17)18)8-13(10(9)2)14(16)19-6-5-11-3-4-11/h7-8,11H,3-6H2,1-2H3,(H2,15,17,18). The predicted octanol–water partition coefficient (Wildman–Crippen LogP) is 1.91. The number of carbonyl (C=O) groups is 1. The summed E-state index contributed by atoms with van der Waals surface area (Å²) in [4.78, 5) is 12.0. The molecule has 0 aliphatic heterocycles. The van der Waals surface area contributed by atoms with E-state index in [2.05, 4.69) is 0 Å². The van der Waals surface area contributed by atoms with E-state index < -0.39 is 16.0 Å². The van der Waals surface area contributed by atoms with Gasteiger partial charge in [-0.25, -0.2) is 18.4 Å².